The van der Waals surface area contributed by atoms with Crippen molar-refractivity contribution < 1.29 is 18.7 Å². The van der Waals surface area contributed by atoms with E-state index in [-0.39, 0.29) is 23.0 Å². The van der Waals surface area contributed by atoms with Gasteiger partial charge in [0.1, 0.15) is 5.60 Å². The summed E-state index contributed by atoms with van der Waals surface area (Å²) in [6, 6.07) is 0. The van der Waals surface area contributed by atoms with Crippen LogP contribution < -0.4 is 0 Å². The van der Waals surface area contributed by atoms with E-state index >= 15 is 0 Å². The molecule has 1 saturated carbocycles. The van der Waals surface area contributed by atoms with Gasteiger partial charge in [-0.1, -0.05) is 34.3 Å². The van der Waals surface area contributed by atoms with Crippen LogP contribution in [0, 0.1) is 11.3 Å². The predicted molar refractivity (Wildman–Crippen MR) is 100 cm³/mol. The fourth-order valence-corrected chi connectivity index (χ4v) is 3.80. The fraction of sp³-hybridized carbons (Fsp3) is 0.842. The van der Waals surface area contributed by atoms with Gasteiger partial charge in [0.15, 0.2) is 5.41 Å². The van der Waals surface area contributed by atoms with E-state index in [1.54, 1.807) is 0 Å². The molecule has 0 bridgehead atoms. The van der Waals surface area contributed by atoms with Gasteiger partial charge in [-0.3, -0.25) is 4.79 Å². The minimum absolute atomic E-state index is 0.00423. The second-order valence-electron chi connectivity index (χ2n) is 9.32. The highest BCUT2D eigenvalue weighted by atomic mass is 28.4. The maximum atomic E-state index is 13.0. The van der Waals surface area contributed by atoms with E-state index in [1.807, 2.05) is 34.6 Å². The highest BCUT2D eigenvalue weighted by molar-refractivity contribution is 6.74. The molecule has 0 heterocycles. The Bertz CT molecular complexity index is 498. The zero-order valence-corrected chi connectivity index (χ0v) is 18.2. The van der Waals surface area contributed by atoms with E-state index in [0.717, 1.165) is 0 Å². The topological polar surface area (TPSA) is 44.8 Å². The molecule has 0 aromatic carbocycles. The molecule has 1 aliphatic rings. The van der Waals surface area contributed by atoms with Crippen LogP contribution in [0.2, 0.25) is 18.1 Å². The maximum Gasteiger partial charge on any atom is 0.323 e. The first kappa shape index (κ1) is 21.2. The summed E-state index contributed by atoms with van der Waals surface area (Å²) in [7, 11) is -2.09. The third-order valence-electron chi connectivity index (χ3n) is 5.24. The fourth-order valence-electron chi connectivity index (χ4n) is 2.71. The van der Waals surface area contributed by atoms with Crippen molar-refractivity contribution in [3.63, 3.8) is 0 Å². The van der Waals surface area contributed by atoms with E-state index in [2.05, 4.69) is 40.4 Å². The van der Waals surface area contributed by atoms with Gasteiger partial charge in [0.25, 0.3) is 0 Å². The van der Waals surface area contributed by atoms with Gasteiger partial charge in [-0.2, -0.15) is 0 Å². The molecule has 0 radical (unpaired) electrons. The van der Waals surface area contributed by atoms with Crippen molar-refractivity contribution in [3.05, 3.63) is 12.3 Å². The van der Waals surface area contributed by atoms with Gasteiger partial charge < -0.3 is 13.9 Å². The molecule has 24 heavy (non-hydrogen) atoms. The SMILES string of the molecule is C=C(O[Si](C)(C)C(C)(C)C)[C@]1(C(=O)OC(C)(C)C)[C@H](C)[C@@H]1OCC. The highest BCUT2D eigenvalue weighted by Crippen LogP contribution is 2.61. The zero-order chi connectivity index (χ0) is 19.1. The molecule has 0 N–H and O–H groups in total. The lowest BCUT2D eigenvalue weighted by Gasteiger charge is -2.39. The maximum absolute atomic E-state index is 13.0. The van der Waals surface area contributed by atoms with Crippen molar-refractivity contribution in [1.82, 2.24) is 0 Å². The summed E-state index contributed by atoms with van der Waals surface area (Å²) in [4.78, 5) is 13.0. The smallest absolute Gasteiger partial charge is 0.323 e. The normalized spacial score (nSPS) is 27.6. The van der Waals surface area contributed by atoms with Crippen LogP contribution in [0.4, 0.5) is 0 Å². The summed E-state index contributed by atoms with van der Waals surface area (Å²) in [5, 5.41) is 0.0320. The summed E-state index contributed by atoms with van der Waals surface area (Å²) in [6.07, 6.45) is -0.227. The standard InChI is InChI=1S/C19H36O4Si/c1-12-21-15-13(2)19(15,16(20)22-17(4,5)6)14(3)23-24(10,11)18(7,8)9/h13,15H,3,12H2,1-2,4-11H3/t13-,15+,19-/m1/s1. The van der Waals surface area contributed by atoms with E-state index in [9.17, 15) is 4.79 Å². The first-order valence-electron chi connectivity index (χ1n) is 8.84. The van der Waals surface area contributed by atoms with Crippen LogP contribution in [0.15, 0.2) is 12.3 Å². The molecule has 0 aromatic heterocycles. The van der Waals surface area contributed by atoms with Gasteiger partial charge in [-0.05, 0) is 45.8 Å². The molecule has 0 aromatic rings. The minimum Gasteiger partial charge on any atom is -0.546 e. The molecule has 0 unspecified atom stereocenters. The van der Waals surface area contributed by atoms with Crippen LogP contribution in [0.5, 0.6) is 0 Å². The average molecular weight is 357 g/mol. The lowest BCUT2D eigenvalue weighted by atomic mass is 10.0. The zero-order valence-electron chi connectivity index (χ0n) is 17.2. The molecule has 0 spiro atoms. The summed E-state index contributed by atoms with van der Waals surface area (Å²) in [5.41, 5.74) is -1.45. The summed E-state index contributed by atoms with van der Waals surface area (Å²) in [5.74, 6) is 0.225. The van der Waals surface area contributed by atoms with Gasteiger partial charge in [-0.25, -0.2) is 0 Å². The molecule has 1 aliphatic carbocycles. The number of esters is 1. The first-order chi connectivity index (χ1) is 10.6. The van der Waals surface area contributed by atoms with Gasteiger partial charge in [-0.15, -0.1) is 0 Å². The van der Waals surface area contributed by atoms with Gasteiger partial charge in [0.2, 0.25) is 8.32 Å². The number of rotatable bonds is 6. The molecule has 5 heteroatoms. The van der Waals surface area contributed by atoms with E-state index < -0.39 is 19.3 Å². The molecule has 1 rings (SSSR count). The second-order valence-corrected chi connectivity index (χ2v) is 14.0. The van der Waals surface area contributed by atoms with Crippen molar-refractivity contribution in [2.24, 2.45) is 11.3 Å². The Morgan fingerprint density at radius 3 is 2.04 bits per heavy atom. The number of ether oxygens (including phenoxy) is 2. The van der Waals surface area contributed by atoms with Gasteiger partial charge in [0.05, 0.1) is 11.9 Å². The van der Waals surface area contributed by atoms with Crippen LogP contribution in [0.25, 0.3) is 0 Å². The Labute approximate surface area is 149 Å². The summed E-state index contributed by atoms with van der Waals surface area (Å²) >= 11 is 0. The largest absolute Gasteiger partial charge is 0.546 e. The molecule has 0 aliphatic heterocycles. The molecule has 0 amide bonds. The van der Waals surface area contributed by atoms with Crippen molar-refractivity contribution in [1.29, 1.82) is 0 Å². The molecule has 0 saturated heterocycles. The van der Waals surface area contributed by atoms with Gasteiger partial charge >= 0.3 is 5.97 Å². The van der Waals surface area contributed by atoms with E-state index in [0.29, 0.717) is 12.4 Å². The van der Waals surface area contributed by atoms with Crippen molar-refractivity contribution in [3.8, 4) is 0 Å². The first-order valence-corrected chi connectivity index (χ1v) is 11.8. The third-order valence-corrected chi connectivity index (χ3v) is 9.61. The van der Waals surface area contributed by atoms with Crippen LogP contribution in [0.3, 0.4) is 0 Å². The monoisotopic (exact) mass is 356 g/mol. The van der Waals surface area contributed by atoms with Crippen LogP contribution in [-0.2, 0) is 18.7 Å². The summed E-state index contributed by atoms with van der Waals surface area (Å²) < 4.78 is 17.9. The quantitative estimate of drug-likeness (QED) is 0.385. The number of carbonyl (C=O) groups is 1. The van der Waals surface area contributed by atoms with Crippen molar-refractivity contribution in [2.75, 3.05) is 6.61 Å². The number of hydrogen-bond acceptors (Lipinski definition) is 4. The number of hydrogen-bond donors (Lipinski definition) is 0. The molecule has 1 fully saturated rings. The Morgan fingerprint density at radius 1 is 1.17 bits per heavy atom. The predicted octanol–water partition coefficient (Wildman–Crippen LogP) is 4.90. The lowest BCUT2D eigenvalue weighted by molar-refractivity contribution is -0.163. The molecule has 4 nitrogen and oxygen atoms in total. The van der Waals surface area contributed by atoms with Crippen LogP contribution in [-0.4, -0.2) is 32.6 Å². The third kappa shape index (κ3) is 3.88. The molecular formula is C19H36O4Si. The second kappa shape index (κ2) is 6.49. The molecular weight excluding hydrogens is 320 g/mol. The van der Waals surface area contributed by atoms with Crippen molar-refractivity contribution >= 4 is 14.3 Å². The minimum atomic E-state index is -2.09. The van der Waals surface area contributed by atoms with E-state index in [1.165, 1.54) is 0 Å². The van der Waals surface area contributed by atoms with Crippen LogP contribution >= 0.6 is 0 Å². The van der Waals surface area contributed by atoms with Crippen LogP contribution in [0.1, 0.15) is 55.4 Å². The van der Waals surface area contributed by atoms with Crippen molar-refractivity contribution in [2.45, 2.75) is 85.2 Å². The lowest BCUT2D eigenvalue weighted by Crippen LogP contribution is -2.43. The molecule has 3 atom stereocenters. The Morgan fingerprint density at radius 2 is 1.67 bits per heavy atom. The Kier molecular flexibility index (Phi) is 5.74. The number of carbonyl (C=O) groups excluding carboxylic acids is 1. The Balaban J connectivity index is 3.13. The summed E-state index contributed by atoms with van der Waals surface area (Å²) in [6.45, 7) is 25.1. The average Bonchev–Trinajstić information content (AvgIpc) is 2.91. The highest BCUT2D eigenvalue weighted by Gasteiger charge is 2.73. The van der Waals surface area contributed by atoms with E-state index in [4.69, 9.17) is 13.9 Å². The molecule has 140 valence electrons. The van der Waals surface area contributed by atoms with Gasteiger partial charge in [0, 0.05) is 12.5 Å². The Hall–Kier alpha value is -0.813.